The number of halogens is 1. The largest absolute Gasteiger partial charge is 0.339 e. The zero-order valence-corrected chi connectivity index (χ0v) is 10.4. The number of carbonyl (C=O) groups excluding carboxylic acids is 1. The molecule has 5 heteroatoms. The summed E-state index contributed by atoms with van der Waals surface area (Å²) in [5, 5.41) is 3.32. The molecule has 0 saturated carbocycles. The molecule has 3 aliphatic rings. The zero-order valence-electron chi connectivity index (χ0n) is 9.60. The molecule has 1 unspecified atom stereocenters. The Morgan fingerprint density at radius 3 is 2.88 bits per heavy atom. The molecule has 17 heavy (non-hydrogen) atoms. The van der Waals surface area contributed by atoms with Crippen molar-refractivity contribution in [1.29, 1.82) is 0 Å². The van der Waals surface area contributed by atoms with E-state index >= 15 is 0 Å². The highest BCUT2D eigenvalue weighted by atomic mass is 35.5. The van der Waals surface area contributed by atoms with E-state index in [0.29, 0.717) is 6.04 Å². The first-order valence-electron chi connectivity index (χ1n) is 6.14. The lowest BCUT2D eigenvalue weighted by Gasteiger charge is -2.34. The topological polar surface area (TPSA) is 35.6 Å². The van der Waals surface area contributed by atoms with E-state index in [4.69, 9.17) is 11.8 Å². The van der Waals surface area contributed by atoms with Crippen LogP contribution < -0.4 is 5.32 Å². The minimum absolute atomic E-state index is 0.0569. The minimum atomic E-state index is -0.0569. The second-order valence-electron chi connectivity index (χ2n) is 4.72. The summed E-state index contributed by atoms with van der Waals surface area (Å²) in [5.74, 6) is 0. The number of amides is 2. The van der Waals surface area contributed by atoms with Crippen LogP contribution in [0.5, 0.6) is 0 Å². The molecule has 0 radical (unpaired) electrons. The Bertz CT molecular complexity index is 387. The fourth-order valence-electron chi connectivity index (χ4n) is 2.90. The number of allylic oxidation sites excluding steroid dienone is 2. The summed E-state index contributed by atoms with van der Waals surface area (Å²) >= 11 is 6.07. The maximum Gasteiger partial charge on any atom is 0.339 e. The molecule has 0 bridgehead atoms. The third kappa shape index (κ3) is 1.76. The molecule has 2 fully saturated rings. The number of piperidine rings is 1. The van der Waals surface area contributed by atoms with E-state index in [1.807, 2.05) is 17.1 Å². The second-order valence-corrected chi connectivity index (χ2v) is 5.06. The highest BCUT2D eigenvalue weighted by Crippen LogP contribution is 2.35. The highest BCUT2D eigenvalue weighted by molar-refractivity contribution is 6.23. The van der Waals surface area contributed by atoms with Crippen molar-refractivity contribution in [2.75, 3.05) is 13.1 Å². The van der Waals surface area contributed by atoms with Crippen molar-refractivity contribution < 1.29 is 4.79 Å². The van der Waals surface area contributed by atoms with Gasteiger partial charge in [0, 0.05) is 17.8 Å². The van der Waals surface area contributed by atoms with Crippen LogP contribution in [0.15, 0.2) is 23.9 Å². The van der Waals surface area contributed by atoms with Crippen LogP contribution in [-0.4, -0.2) is 40.5 Å². The molecular formula is C12H16ClN3O. The van der Waals surface area contributed by atoms with Crippen molar-refractivity contribution in [3.05, 3.63) is 23.9 Å². The summed E-state index contributed by atoms with van der Waals surface area (Å²) in [5.41, 5.74) is 0.928. The fourth-order valence-corrected chi connectivity index (χ4v) is 3.16. The number of hydrogen-bond acceptors (Lipinski definition) is 2. The van der Waals surface area contributed by atoms with Gasteiger partial charge in [0.25, 0.3) is 0 Å². The van der Waals surface area contributed by atoms with Crippen molar-refractivity contribution >= 4 is 17.8 Å². The molecule has 2 aliphatic heterocycles. The van der Waals surface area contributed by atoms with E-state index in [9.17, 15) is 4.79 Å². The molecular weight excluding hydrogens is 238 g/mol. The summed E-state index contributed by atoms with van der Waals surface area (Å²) in [4.78, 5) is 14.2. The predicted octanol–water partition coefficient (Wildman–Crippen LogP) is 1.84. The fraction of sp³-hybridized carbons (Fsp3) is 0.583. The van der Waals surface area contributed by atoms with E-state index < -0.39 is 0 Å². The Kier molecular flexibility index (Phi) is 2.84. The van der Waals surface area contributed by atoms with Gasteiger partial charge < -0.3 is 10.2 Å². The van der Waals surface area contributed by atoms with Gasteiger partial charge in [0.1, 0.15) is 0 Å². The van der Waals surface area contributed by atoms with Gasteiger partial charge in [-0.25, -0.2) is 9.21 Å². The summed E-state index contributed by atoms with van der Waals surface area (Å²) in [6.07, 6.45) is 8.94. The van der Waals surface area contributed by atoms with Crippen molar-refractivity contribution in [1.82, 2.24) is 14.6 Å². The number of rotatable bonds is 1. The molecule has 2 saturated heterocycles. The van der Waals surface area contributed by atoms with Gasteiger partial charge in [-0.15, -0.1) is 0 Å². The lowest BCUT2D eigenvalue weighted by molar-refractivity contribution is 0.156. The number of urea groups is 1. The van der Waals surface area contributed by atoms with E-state index in [1.165, 1.54) is 4.42 Å². The molecule has 0 aromatic rings. The van der Waals surface area contributed by atoms with Crippen LogP contribution in [0.4, 0.5) is 4.79 Å². The molecule has 2 amide bonds. The van der Waals surface area contributed by atoms with Gasteiger partial charge in [0.05, 0.1) is 11.7 Å². The average Bonchev–Trinajstić information content (AvgIpc) is 2.64. The van der Waals surface area contributed by atoms with Crippen LogP contribution in [0, 0.1) is 0 Å². The molecule has 1 atom stereocenters. The van der Waals surface area contributed by atoms with Crippen LogP contribution in [0.25, 0.3) is 0 Å². The van der Waals surface area contributed by atoms with Gasteiger partial charge in [0.2, 0.25) is 0 Å². The third-order valence-electron chi connectivity index (χ3n) is 3.76. The Labute approximate surface area is 106 Å². The van der Waals surface area contributed by atoms with Gasteiger partial charge in [-0.1, -0.05) is 12.2 Å². The molecule has 0 spiro atoms. The highest BCUT2D eigenvalue weighted by Gasteiger charge is 2.44. The summed E-state index contributed by atoms with van der Waals surface area (Å²) < 4.78 is 1.29. The average molecular weight is 254 g/mol. The quantitative estimate of drug-likeness (QED) is 0.724. The van der Waals surface area contributed by atoms with Crippen LogP contribution in [-0.2, 0) is 0 Å². The molecule has 0 aromatic carbocycles. The van der Waals surface area contributed by atoms with Crippen molar-refractivity contribution in [2.24, 2.45) is 0 Å². The van der Waals surface area contributed by atoms with Gasteiger partial charge in [-0.2, -0.15) is 0 Å². The maximum atomic E-state index is 12.2. The van der Waals surface area contributed by atoms with Gasteiger partial charge >= 0.3 is 6.03 Å². The number of fused-ring (bicyclic) bond motifs is 1. The summed E-state index contributed by atoms with van der Waals surface area (Å²) in [6, 6.07) is 0.416. The summed E-state index contributed by atoms with van der Waals surface area (Å²) in [6.45, 7) is 1.97. The van der Waals surface area contributed by atoms with Crippen LogP contribution >= 0.6 is 11.8 Å². The van der Waals surface area contributed by atoms with E-state index in [1.54, 1.807) is 0 Å². The first-order chi connectivity index (χ1) is 8.29. The number of hydrogen-bond donors (Lipinski definition) is 1. The molecule has 1 aliphatic carbocycles. The molecule has 4 nitrogen and oxygen atoms in total. The number of carbonyl (C=O) groups is 1. The standard InChI is InChI=1S/C12H16ClN3O/c13-16-11-4-2-1-3-10(11)15(12(16)17)9-5-7-14-8-6-9/h1-2,4,9-10,14H,3,5-8H2. The first-order valence-corrected chi connectivity index (χ1v) is 6.48. The molecule has 2 heterocycles. The monoisotopic (exact) mass is 253 g/mol. The summed E-state index contributed by atoms with van der Waals surface area (Å²) in [7, 11) is 0. The lowest BCUT2D eigenvalue weighted by atomic mass is 9.99. The first kappa shape index (κ1) is 11.1. The number of nitrogens with zero attached hydrogens (tertiary/aromatic N) is 2. The Morgan fingerprint density at radius 2 is 2.12 bits per heavy atom. The SMILES string of the molecule is O=C1N(Cl)C2=CC=CCC2N1C1CCNCC1. The lowest BCUT2D eigenvalue weighted by Crippen LogP contribution is -2.47. The van der Waals surface area contributed by atoms with Gasteiger partial charge in [-0.3, -0.25) is 0 Å². The molecule has 0 aromatic heterocycles. The molecule has 1 N–H and O–H groups in total. The van der Waals surface area contributed by atoms with Gasteiger partial charge in [-0.05, 0) is 38.4 Å². The van der Waals surface area contributed by atoms with Crippen LogP contribution in [0.2, 0.25) is 0 Å². The van der Waals surface area contributed by atoms with Gasteiger partial charge in [0.15, 0.2) is 0 Å². The van der Waals surface area contributed by atoms with Crippen molar-refractivity contribution in [2.45, 2.75) is 31.3 Å². The Hall–Kier alpha value is -1.00. The minimum Gasteiger partial charge on any atom is -0.317 e. The second kappa shape index (κ2) is 4.35. The van der Waals surface area contributed by atoms with E-state index in [-0.39, 0.29) is 12.1 Å². The van der Waals surface area contributed by atoms with Crippen LogP contribution in [0.1, 0.15) is 19.3 Å². The Balaban J connectivity index is 1.86. The number of nitrogens with one attached hydrogen (secondary N) is 1. The normalized spacial score (nSPS) is 29.6. The maximum absolute atomic E-state index is 12.2. The zero-order chi connectivity index (χ0) is 11.8. The van der Waals surface area contributed by atoms with Crippen LogP contribution in [0.3, 0.4) is 0 Å². The predicted molar refractivity (Wildman–Crippen MR) is 66.4 cm³/mol. The smallest absolute Gasteiger partial charge is 0.317 e. The van der Waals surface area contributed by atoms with E-state index in [0.717, 1.165) is 38.0 Å². The molecule has 3 rings (SSSR count). The molecule has 92 valence electrons. The van der Waals surface area contributed by atoms with Crippen molar-refractivity contribution in [3.63, 3.8) is 0 Å². The van der Waals surface area contributed by atoms with Crippen molar-refractivity contribution in [3.8, 4) is 0 Å². The van der Waals surface area contributed by atoms with E-state index in [2.05, 4.69) is 11.4 Å². The third-order valence-corrected chi connectivity index (χ3v) is 4.10. The Morgan fingerprint density at radius 1 is 1.35 bits per heavy atom.